The largest absolute Gasteiger partial charge is 0.478 e. The predicted molar refractivity (Wildman–Crippen MR) is 140 cm³/mol. The second kappa shape index (κ2) is 14.5. The Labute approximate surface area is 228 Å². The highest BCUT2D eigenvalue weighted by Gasteiger charge is 2.24. The van der Waals surface area contributed by atoms with Gasteiger partial charge in [-0.1, -0.05) is 35.3 Å². The molecule has 38 heavy (non-hydrogen) atoms. The zero-order valence-corrected chi connectivity index (χ0v) is 21.6. The number of nitrogens with one attached hydrogen (secondary N) is 3. The van der Waals surface area contributed by atoms with Crippen LogP contribution in [0.15, 0.2) is 53.1 Å². The Morgan fingerprint density at radius 2 is 1.89 bits per heavy atom. The summed E-state index contributed by atoms with van der Waals surface area (Å²) >= 11 is 12.3. The lowest BCUT2D eigenvalue weighted by Gasteiger charge is -2.18. The van der Waals surface area contributed by atoms with Crippen molar-refractivity contribution in [3.05, 3.63) is 70.2 Å². The van der Waals surface area contributed by atoms with E-state index in [2.05, 4.69) is 20.9 Å². The first kappa shape index (κ1) is 29.1. The molecule has 1 heterocycles. The Morgan fingerprint density at radius 1 is 1.11 bits per heavy atom. The van der Waals surface area contributed by atoms with Gasteiger partial charge in [-0.05, 0) is 30.3 Å². The normalized spacial score (nSPS) is 11.7. The van der Waals surface area contributed by atoms with Crippen molar-refractivity contribution >= 4 is 46.7 Å². The second-order valence-electron chi connectivity index (χ2n) is 7.91. The number of aromatic nitrogens is 1. The van der Waals surface area contributed by atoms with Gasteiger partial charge < -0.3 is 30.0 Å². The molecule has 1 unspecified atom stereocenters. The number of anilines is 1. The molecule has 0 aliphatic heterocycles. The van der Waals surface area contributed by atoms with E-state index in [1.807, 2.05) is 0 Å². The van der Waals surface area contributed by atoms with E-state index in [1.165, 1.54) is 24.4 Å². The number of carboxylic acid groups (broad SMARTS) is 1. The zero-order chi connectivity index (χ0) is 27.5. The van der Waals surface area contributed by atoms with E-state index in [9.17, 15) is 19.5 Å². The number of carbonyl (C=O) groups excluding carboxylic acids is 2. The first-order valence-electron chi connectivity index (χ1n) is 11.5. The van der Waals surface area contributed by atoms with Gasteiger partial charge >= 0.3 is 5.97 Å². The number of para-hydroxylation sites is 1. The maximum absolute atomic E-state index is 13.1. The molecule has 0 aliphatic rings. The van der Waals surface area contributed by atoms with Crippen LogP contribution in [0.5, 0.6) is 0 Å². The number of amides is 2. The van der Waals surface area contributed by atoms with Crippen molar-refractivity contribution in [1.29, 1.82) is 0 Å². The van der Waals surface area contributed by atoms with E-state index < -0.39 is 23.8 Å². The van der Waals surface area contributed by atoms with Gasteiger partial charge in [0, 0.05) is 17.1 Å². The number of benzene rings is 2. The van der Waals surface area contributed by atoms with Crippen molar-refractivity contribution in [1.82, 2.24) is 15.6 Å². The number of hydrogen-bond donors (Lipinski definition) is 5. The van der Waals surface area contributed by atoms with Crippen LogP contribution in [0.2, 0.25) is 10.0 Å². The molecule has 0 radical (unpaired) electrons. The summed E-state index contributed by atoms with van der Waals surface area (Å²) in [5, 5.41) is 27.2. The molecule has 202 valence electrons. The molecule has 5 N–H and O–H groups in total. The fraction of sp³-hybridized carbons (Fsp3) is 0.280. The fourth-order valence-corrected chi connectivity index (χ4v) is 3.74. The molecule has 0 saturated heterocycles. The molecule has 2 aromatic carbocycles. The zero-order valence-electron chi connectivity index (χ0n) is 20.1. The molecule has 0 saturated carbocycles. The van der Waals surface area contributed by atoms with Crippen molar-refractivity contribution in [3.8, 4) is 11.3 Å². The first-order chi connectivity index (χ1) is 18.3. The number of aromatic carboxylic acids is 1. The van der Waals surface area contributed by atoms with Gasteiger partial charge in [-0.3, -0.25) is 14.9 Å². The number of nitrogens with zero attached hydrogens (tertiary/aromatic N) is 1. The average molecular weight is 565 g/mol. The number of ether oxygens (including phenoxy) is 1. The summed E-state index contributed by atoms with van der Waals surface area (Å²) in [6, 6.07) is 9.75. The van der Waals surface area contributed by atoms with Crippen LogP contribution in [0.3, 0.4) is 0 Å². The maximum atomic E-state index is 13.1. The summed E-state index contributed by atoms with van der Waals surface area (Å²) in [6.07, 6.45) is 1.20. The molecule has 1 aromatic heterocycles. The number of aliphatic hydroxyl groups is 1. The quantitative estimate of drug-likeness (QED) is 0.185. The molecule has 0 spiro atoms. The summed E-state index contributed by atoms with van der Waals surface area (Å²) in [7, 11) is 0. The second-order valence-corrected chi connectivity index (χ2v) is 8.75. The monoisotopic (exact) mass is 564 g/mol. The number of carbonyl (C=O) groups is 3. The SMILES string of the molecule is O=C(CC(NCc1ncc(-c2cc(Cl)ccc2Cl)o1)C(=O)Nc1ccccc1C(=O)O)NCCOCCO. The van der Waals surface area contributed by atoms with Crippen molar-refractivity contribution in [2.45, 2.75) is 19.0 Å². The smallest absolute Gasteiger partial charge is 0.337 e. The van der Waals surface area contributed by atoms with Crippen LogP contribution in [0.4, 0.5) is 5.69 Å². The highest BCUT2D eigenvalue weighted by Crippen LogP contribution is 2.31. The van der Waals surface area contributed by atoms with Crippen LogP contribution in [-0.4, -0.2) is 65.4 Å². The van der Waals surface area contributed by atoms with Gasteiger partial charge in [-0.15, -0.1) is 0 Å². The highest BCUT2D eigenvalue weighted by atomic mass is 35.5. The van der Waals surface area contributed by atoms with Crippen LogP contribution >= 0.6 is 23.2 Å². The molecule has 3 rings (SSSR count). The minimum absolute atomic E-state index is 0.0241. The van der Waals surface area contributed by atoms with Crippen LogP contribution in [0.1, 0.15) is 22.7 Å². The van der Waals surface area contributed by atoms with E-state index in [0.717, 1.165) is 0 Å². The standard InChI is InChI=1S/C25H26Cl2N4O7/c26-15-5-6-18(27)17(11-15)21-13-30-23(38-21)14-29-20(12-22(33)28-7-9-37-10-8-32)24(34)31-19-4-2-1-3-16(19)25(35)36/h1-6,11,13,20,29,32H,7-10,12,14H2,(H,28,33)(H,31,34)(H,35,36). The lowest BCUT2D eigenvalue weighted by atomic mass is 10.1. The Kier molecular flexibility index (Phi) is 11.1. The van der Waals surface area contributed by atoms with E-state index in [4.69, 9.17) is 37.5 Å². The summed E-state index contributed by atoms with van der Waals surface area (Å²) in [6.45, 7) is 0.351. The Bertz CT molecular complexity index is 1270. The maximum Gasteiger partial charge on any atom is 0.337 e. The number of aliphatic hydroxyl groups excluding tert-OH is 1. The first-order valence-corrected chi connectivity index (χ1v) is 12.3. The van der Waals surface area contributed by atoms with Gasteiger partial charge in [0.15, 0.2) is 5.76 Å². The Morgan fingerprint density at radius 3 is 2.66 bits per heavy atom. The van der Waals surface area contributed by atoms with E-state index >= 15 is 0 Å². The van der Waals surface area contributed by atoms with Gasteiger partial charge in [0.1, 0.15) is 0 Å². The molecule has 13 heteroatoms. The van der Waals surface area contributed by atoms with Gasteiger partial charge in [0.05, 0.1) is 61.3 Å². The third-order valence-corrected chi connectivity index (χ3v) is 5.74. The number of hydrogen-bond acceptors (Lipinski definition) is 8. The predicted octanol–water partition coefficient (Wildman–Crippen LogP) is 2.96. The number of oxazole rings is 1. The van der Waals surface area contributed by atoms with E-state index in [-0.39, 0.29) is 56.5 Å². The fourth-order valence-electron chi connectivity index (χ4n) is 3.36. The third-order valence-electron chi connectivity index (χ3n) is 5.17. The minimum Gasteiger partial charge on any atom is -0.478 e. The van der Waals surface area contributed by atoms with Gasteiger partial charge in [0.25, 0.3) is 0 Å². The van der Waals surface area contributed by atoms with Crippen molar-refractivity contribution in [2.75, 3.05) is 31.7 Å². The lowest BCUT2D eigenvalue weighted by Crippen LogP contribution is -2.44. The van der Waals surface area contributed by atoms with Crippen LogP contribution in [0.25, 0.3) is 11.3 Å². The third kappa shape index (κ3) is 8.54. The van der Waals surface area contributed by atoms with Gasteiger partial charge in [0.2, 0.25) is 17.7 Å². The molecule has 3 aromatic rings. The molecular formula is C25H26Cl2N4O7. The molecular weight excluding hydrogens is 539 g/mol. The van der Waals surface area contributed by atoms with Crippen LogP contribution in [0, 0.1) is 0 Å². The Hall–Kier alpha value is -3.48. The van der Waals surface area contributed by atoms with Gasteiger partial charge in [-0.2, -0.15) is 0 Å². The summed E-state index contributed by atoms with van der Waals surface area (Å²) in [5.74, 6) is -1.70. The Balaban J connectivity index is 1.70. The molecule has 11 nitrogen and oxygen atoms in total. The topological polar surface area (TPSA) is 163 Å². The lowest BCUT2D eigenvalue weighted by molar-refractivity contribution is -0.126. The molecule has 2 amide bonds. The van der Waals surface area contributed by atoms with E-state index in [0.29, 0.717) is 21.4 Å². The highest BCUT2D eigenvalue weighted by molar-refractivity contribution is 6.35. The molecule has 0 fully saturated rings. The van der Waals surface area contributed by atoms with Crippen molar-refractivity contribution < 1.29 is 33.8 Å². The van der Waals surface area contributed by atoms with Crippen molar-refractivity contribution in [2.24, 2.45) is 0 Å². The van der Waals surface area contributed by atoms with Crippen molar-refractivity contribution in [3.63, 3.8) is 0 Å². The minimum atomic E-state index is -1.21. The summed E-state index contributed by atoms with van der Waals surface area (Å²) < 4.78 is 10.9. The van der Waals surface area contributed by atoms with Crippen LogP contribution < -0.4 is 16.0 Å². The number of carboxylic acids is 1. The summed E-state index contributed by atoms with van der Waals surface area (Å²) in [4.78, 5) is 41.3. The van der Waals surface area contributed by atoms with Gasteiger partial charge in [-0.25, -0.2) is 9.78 Å². The summed E-state index contributed by atoms with van der Waals surface area (Å²) in [5.41, 5.74) is 0.532. The molecule has 1 atom stereocenters. The number of rotatable bonds is 14. The number of halogens is 2. The molecule has 0 bridgehead atoms. The average Bonchev–Trinajstić information content (AvgIpc) is 3.36. The van der Waals surface area contributed by atoms with E-state index in [1.54, 1.807) is 24.3 Å². The van der Waals surface area contributed by atoms with Crippen LogP contribution in [-0.2, 0) is 20.9 Å². The molecule has 0 aliphatic carbocycles.